The summed E-state index contributed by atoms with van der Waals surface area (Å²) in [6.45, 7) is 6.32. The number of hydrogen-bond acceptors (Lipinski definition) is 2. The Morgan fingerprint density at radius 2 is 2.00 bits per heavy atom. The van der Waals surface area contributed by atoms with Gasteiger partial charge in [-0.2, -0.15) is 0 Å². The molecule has 3 nitrogen and oxygen atoms in total. The average Bonchev–Trinajstić information content (AvgIpc) is 2.44. The van der Waals surface area contributed by atoms with Crippen molar-refractivity contribution in [1.29, 1.82) is 0 Å². The molecule has 1 amide bonds. The Bertz CT molecular complexity index is 364. The normalized spacial score (nSPS) is 12.2. The molecule has 106 valence electrons. The number of nitrogens with zero attached hydrogens (tertiary/aromatic N) is 1. The van der Waals surface area contributed by atoms with Crippen LogP contribution in [0.4, 0.5) is 0 Å². The summed E-state index contributed by atoms with van der Waals surface area (Å²) in [6, 6.07) is 10.1. The molecule has 19 heavy (non-hydrogen) atoms. The lowest BCUT2D eigenvalue weighted by molar-refractivity contribution is -0.132. The van der Waals surface area contributed by atoms with E-state index in [0.29, 0.717) is 25.4 Å². The van der Waals surface area contributed by atoms with Crippen LogP contribution in [0.3, 0.4) is 0 Å². The molecule has 0 bridgehead atoms. The first kappa shape index (κ1) is 15.7. The fraction of sp³-hybridized carbons (Fsp3) is 0.562. The number of nitrogens with two attached hydrogens (primary N) is 1. The highest BCUT2D eigenvalue weighted by Gasteiger charge is 2.15. The standard InChI is InChI=1S/C16H26N2O/c1-3-14(2)12-16(19)18(11-7-10-17)13-15-8-5-4-6-9-15/h4-6,8-9,14H,3,7,10-13,17H2,1-2H3. The summed E-state index contributed by atoms with van der Waals surface area (Å²) >= 11 is 0. The number of rotatable bonds is 8. The van der Waals surface area contributed by atoms with Crippen LogP contribution in [0.5, 0.6) is 0 Å². The molecule has 0 aliphatic carbocycles. The lowest BCUT2D eigenvalue weighted by atomic mass is 10.0. The van der Waals surface area contributed by atoms with E-state index in [-0.39, 0.29) is 5.91 Å². The first-order valence-corrected chi connectivity index (χ1v) is 7.19. The quantitative estimate of drug-likeness (QED) is 0.783. The van der Waals surface area contributed by atoms with E-state index < -0.39 is 0 Å². The summed E-state index contributed by atoms with van der Waals surface area (Å²) in [7, 11) is 0. The van der Waals surface area contributed by atoms with Gasteiger partial charge in [0.1, 0.15) is 0 Å². The van der Waals surface area contributed by atoms with Crippen molar-refractivity contribution in [3.05, 3.63) is 35.9 Å². The SMILES string of the molecule is CCC(C)CC(=O)N(CCCN)Cc1ccccc1. The highest BCUT2D eigenvalue weighted by atomic mass is 16.2. The summed E-state index contributed by atoms with van der Waals surface area (Å²) in [4.78, 5) is 14.2. The molecule has 0 saturated heterocycles. The van der Waals surface area contributed by atoms with E-state index >= 15 is 0 Å². The van der Waals surface area contributed by atoms with E-state index in [4.69, 9.17) is 5.73 Å². The molecule has 0 aliphatic rings. The van der Waals surface area contributed by atoms with Crippen molar-refractivity contribution in [3.63, 3.8) is 0 Å². The number of amides is 1. The lowest BCUT2D eigenvalue weighted by Crippen LogP contribution is -2.33. The van der Waals surface area contributed by atoms with Crippen LogP contribution < -0.4 is 5.73 Å². The minimum atomic E-state index is 0.242. The summed E-state index contributed by atoms with van der Waals surface area (Å²) in [5, 5.41) is 0. The molecule has 1 aromatic rings. The van der Waals surface area contributed by atoms with Crippen LogP contribution in [0.1, 0.15) is 38.7 Å². The maximum Gasteiger partial charge on any atom is 0.223 e. The Labute approximate surface area is 116 Å². The molecular weight excluding hydrogens is 236 g/mol. The highest BCUT2D eigenvalue weighted by molar-refractivity contribution is 5.76. The third-order valence-electron chi connectivity index (χ3n) is 3.42. The van der Waals surface area contributed by atoms with Crippen molar-refractivity contribution in [1.82, 2.24) is 4.90 Å². The van der Waals surface area contributed by atoms with Gasteiger partial charge in [-0.05, 0) is 24.4 Å². The Hall–Kier alpha value is -1.35. The number of hydrogen-bond donors (Lipinski definition) is 1. The fourth-order valence-corrected chi connectivity index (χ4v) is 1.95. The van der Waals surface area contributed by atoms with Crippen LogP contribution in [-0.2, 0) is 11.3 Å². The molecule has 1 atom stereocenters. The molecule has 0 heterocycles. The molecular formula is C16H26N2O. The summed E-state index contributed by atoms with van der Waals surface area (Å²) in [6.07, 6.45) is 2.54. The molecule has 0 spiro atoms. The van der Waals surface area contributed by atoms with Gasteiger partial charge in [-0.1, -0.05) is 50.6 Å². The van der Waals surface area contributed by atoms with Gasteiger partial charge in [0.05, 0.1) is 0 Å². The lowest BCUT2D eigenvalue weighted by Gasteiger charge is -2.24. The maximum atomic E-state index is 12.3. The predicted molar refractivity (Wildman–Crippen MR) is 79.6 cm³/mol. The van der Waals surface area contributed by atoms with Gasteiger partial charge in [-0.25, -0.2) is 0 Å². The molecule has 0 radical (unpaired) electrons. The summed E-state index contributed by atoms with van der Waals surface area (Å²) < 4.78 is 0. The van der Waals surface area contributed by atoms with Gasteiger partial charge in [0.2, 0.25) is 5.91 Å². The third-order valence-corrected chi connectivity index (χ3v) is 3.42. The molecule has 1 aromatic carbocycles. The van der Waals surface area contributed by atoms with E-state index in [9.17, 15) is 4.79 Å². The highest BCUT2D eigenvalue weighted by Crippen LogP contribution is 2.12. The first-order chi connectivity index (χ1) is 9.17. The van der Waals surface area contributed by atoms with Gasteiger partial charge < -0.3 is 10.6 Å². The third kappa shape index (κ3) is 5.88. The van der Waals surface area contributed by atoms with Gasteiger partial charge in [0.15, 0.2) is 0 Å². The van der Waals surface area contributed by atoms with Gasteiger partial charge in [-0.3, -0.25) is 4.79 Å². The van der Waals surface area contributed by atoms with Crippen LogP contribution in [0.2, 0.25) is 0 Å². The second-order valence-corrected chi connectivity index (χ2v) is 5.16. The van der Waals surface area contributed by atoms with E-state index in [0.717, 1.165) is 19.4 Å². The van der Waals surface area contributed by atoms with Crippen molar-refractivity contribution in [3.8, 4) is 0 Å². The van der Waals surface area contributed by atoms with Crippen molar-refractivity contribution in [2.75, 3.05) is 13.1 Å². The smallest absolute Gasteiger partial charge is 0.223 e. The van der Waals surface area contributed by atoms with Crippen LogP contribution in [0, 0.1) is 5.92 Å². The minimum absolute atomic E-state index is 0.242. The largest absolute Gasteiger partial charge is 0.338 e. The Morgan fingerprint density at radius 3 is 2.58 bits per heavy atom. The van der Waals surface area contributed by atoms with Crippen molar-refractivity contribution in [2.24, 2.45) is 11.7 Å². The van der Waals surface area contributed by atoms with Crippen molar-refractivity contribution < 1.29 is 4.79 Å². The van der Waals surface area contributed by atoms with Gasteiger partial charge in [0.25, 0.3) is 0 Å². The van der Waals surface area contributed by atoms with E-state index in [1.165, 1.54) is 5.56 Å². The molecule has 0 aromatic heterocycles. The Balaban J connectivity index is 2.63. The zero-order valence-corrected chi connectivity index (χ0v) is 12.1. The van der Waals surface area contributed by atoms with E-state index in [1.54, 1.807) is 0 Å². The van der Waals surface area contributed by atoms with Crippen LogP contribution >= 0.6 is 0 Å². The van der Waals surface area contributed by atoms with Crippen LogP contribution in [-0.4, -0.2) is 23.9 Å². The van der Waals surface area contributed by atoms with Gasteiger partial charge in [-0.15, -0.1) is 0 Å². The molecule has 2 N–H and O–H groups in total. The predicted octanol–water partition coefficient (Wildman–Crippen LogP) is 2.80. The van der Waals surface area contributed by atoms with Crippen molar-refractivity contribution >= 4 is 5.91 Å². The summed E-state index contributed by atoms with van der Waals surface area (Å²) in [5.74, 6) is 0.690. The molecule has 0 saturated carbocycles. The molecule has 0 aliphatic heterocycles. The minimum Gasteiger partial charge on any atom is -0.338 e. The zero-order valence-electron chi connectivity index (χ0n) is 12.1. The second kappa shape index (κ2) is 8.70. The zero-order chi connectivity index (χ0) is 14.1. The van der Waals surface area contributed by atoms with Crippen molar-refractivity contribution in [2.45, 2.75) is 39.7 Å². The monoisotopic (exact) mass is 262 g/mol. The Kier molecular flexibility index (Phi) is 7.19. The number of carbonyl (C=O) groups is 1. The van der Waals surface area contributed by atoms with Crippen LogP contribution in [0.15, 0.2) is 30.3 Å². The van der Waals surface area contributed by atoms with Gasteiger partial charge >= 0.3 is 0 Å². The molecule has 1 unspecified atom stereocenters. The maximum absolute atomic E-state index is 12.3. The van der Waals surface area contributed by atoms with E-state index in [1.807, 2.05) is 23.1 Å². The topological polar surface area (TPSA) is 46.3 Å². The molecule has 3 heteroatoms. The average molecular weight is 262 g/mol. The first-order valence-electron chi connectivity index (χ1n) is 7.19. The molecule has 1 rings (SSSR count). The van der Waals surface area contributed by atoms with E-state index in [2.05, 4.69) is 26.0 Å². The summed E-state index contributed by atoms with van der Waals surface area (Å²) in [5.41, 5.74) is 6.74. The fourth-order valence-electron chi connectivity index (χ4n) is 1.95. The van der Waals surface area contributed by atoms with Gasteiger partial charge in [0, 0.05) is 19.5 Å². The number of benzene rings is 1. The Morgan fingerprint density at radius 1 is 1.32 bits per heavy atom. The number of carbonyl (C=O) groups excluding carboxylic acids is 1. The van der Waals surface area contributed by atoms with Crippen LogP contribution in [0.25, 0.3) is 0 Å². The second-order valence-electron chi connectivity index (χ2n) is 5.16. The molecule has 0 fully saturated rings.